The second kappa shape index (κ2) is 6.41. The van der Waals surface area contributed by atoms with E-state index in [0.29, 0.717) is 25.3 Å². The van der Waals surface area contributed by atoms with E-state index in [1.54, 1.807) is 22.6 Å². The predicted octanol–water partition coefficient (Wildman–Crippen LogP) is -0.670. The predicted molar refractivity (Wildman–Crippen MR) is 59.8 cm³/mol. The third-order valence-electron chi connectivity index (χ3n) is 1.72. The molecule has 1 amide bonds. The van der Waals surface area contributed by atoms with Gasteiger partial charge in [0.15, 0.2) is 5.69 Å². The van der Waals surface area contributed by atoms with Crippen molar-refractivity contribution in [1.29, 1.82) is 0 Å². The van der Waals surface area contributed by atoms with Gasteiger partial charge in [0, 0.05) is 18.8 Å². The Hall–Kier alpha value is -1.08. The second-order valence-electron chi connectivity index (χ2n) is 2.90. The summed E-state index contributed by atoms with van der Waals surface area (Å²) in [4.78, 5) is 11.5. The molecule has 6 nitrogen and oxygen atoms in total. The van der Waals surface area contributed by atoms with E-state index in [1.807, 2.05) is 6.26 Å². The molecule has 0 aromatic carbocycles. The van der Waals surface area contributed by atoms with Crippen LogP contribution in [-0.4, -0.2) is 46.0 Å². The minimum atomic E-state index is -0.188. The normalized spacial score (nSPS) is 10.3. The minimum absolute atomic E-state index is 0.188. The molecule has 1 aromatic heterocycles. The molecule has 0 aliphatic carbocycles. The fraction of sp³-hybridized carbons (Fsp3) is 0.625. The van der Waals surface area contributed by atoms with Gasteiger partial charge in [-0.15, -0.1) is 5.10 Å². The monoisotopic (exact) mass is 229 g/mol. The Bertz CT molecular complexity index is 314. The van der Waals surface area contributed by atoms with E-state index < -0.39 is 0 Å². The fourth-order valence-corrected chi connectivity index (χ4v) is 1.31. The first-order valence-corrected chi connectivity index (χ1v) is 6.04. The van der Waals surface area contributed by atoms with Crippen LogP contribution in [0.3, 0.4) is 0 Å². The Morgan fingerprint density at radius 2 is 2.53 bits per heavy atom. The van der Waals surface area contributed by atoms with Crippen LogP contribution in [0, 0.1) is 0 Å². The summed E-state index contributed by atoms with van der Waals surface area (Å²) in [6.07, 6.45) is 3.59. The first kappa shape index (κ1) is 12.0. The van der Waals surface area contributed by atoms with Crippen LogP contribution in [0.25, 0.3) is 0 Å². The van der Waals surface area contributed by atoms with Crippen LogP contribution >= 0.6 is 11.8 Å². The fourth-order valence-electron chi connectivity index (χ4n) is 1.00. The van der Waals surface area contributed by atoms with Crippen molar-refractivity contribution < 1.29 is 4.79 Å². The number of hydrogen-bond acceptors (Lipinski definition) is 5. The van der Waals surface area contributed by atoms with E-state index in [2.05, 4.69) is 15.6 Å². The number of rotatable bonds is 6. The number of thioether (sulfide) groups is 1. The standard InChI is InChI=1S/C8H15N5OS/c1-15-5-3-10-8(14)7-6-13(4-2-9)12-11-7/h6H,2-5,9H2,1H3,(H,10,14). The van der Waals surface area contributed by atoms with Gasteiger partial charge in [0.05, 0.1) is 12.7 Å². The minimum Gasteiger partial charge on any atom is -0.350 e. The van der Waals surface area contributed by atoms with Crippen LogP contribution in [0.15, 0.2) is 6.20 Å². The molecule has 0 radical (unpaired) electrons. The molecule has 0 saturated heterocycles. The molecular weight excluding hydrogens is 214 g/mol. The highest BCUT2D eigenvalue weighted by atomic mass is 32.2. The van der Waals surface area contributed by atoms with Crippen LogP contribution in [0.4, 0.5) is 0 Å². The highest BCUT2D eigenvalue weighted by Crippen LogP contribution is 1.93. The van der Waals surface area contributed by atoms with Crippen molar-refractivity contribution >= 4 is 17.7 Å². The number of nitrogens with one attached hydrogen (secondary N) is 1. The number of amides is 1. The number of nitrogens with two attached hydrogens (primary N) is 1. The number of hydrogen-bond donors (Lipinski definition) is 2. The van der Waals surface area contributed by atoms with E-state index >= 15 is 0 Å². The van der Waals surface area contributed by atoms with Gasteiger partial charge >= 0.3 is 0 Å². The van der Waals surface area contributed by atoms with E-state index in [1.165, 1.54) is 0 Å². The molecule has 0 bridgehead atoms. The van der Waals surface area contributed by atoms with Crippen molar-refractivity contribution in [3.63, 3.8) is 0 Å². The lowest BCUT2D eigenvalue weighted by molar-refractivity contribution is 0.0951. The molecular formula is C8H15N5OS. The SMILES string of the molecule is CSCCNC(=O)c1cn(CCN)nn1. The molecule has 1 heterocycles. The highest BCUT2D eigenvalue weighted by Gasteiger charge is 2.09. The number of carbonyl (C=O) groups is 1. The summed E-state index contributed by atoms with van der Waals surface area (Å²) in [5.41, 5.74) is 5.69. The average Bonchev–Trinajstić information content (AvgIpc) is 2.67. The van der Waals surface area contributed by atoms with Gasteiger partial charge in [0.25, 0.3) is 5.91 Å². The number of nitrogens with zero attached hydrogens (tertiary/aromatic N) is 3. The Labute approximate surface area is 92.6 Å². The number of aromatic nitrogens is 3. The molecule has 0 spiro atoms. The summed E-state index contributed by atoms with van der Waals surface area (Å²) >= 11 is 1.68. The molecule has 7 heteroatoms. The Morgan fingerprint density at radius 1 is 1.73 bits per heavy atom. The molecule has 3 N–H and O–H groups in total. The molecule has 0 saturated carbocycles. The van der Waals surface area contributed by atoms with Crippen LogP contribution in [0.2, 0.25) is 0 Å². The third-order valence-corrected chi connectivity index (χ3v) is 2.33. The maximum Gasteiger partial charge on any atom is 0.273 e. The lowest BCUT2D eigenvalue weighted by atomic mass is 10.4. The van der Waals surface area contributed by atoms with Gasteiger partial charge in [-0.05, 0) is 6.26 Å². The van der Waals surface area contributed by atoms with Crippen molar-refractivity contribution in [2.24, 2.45) is 5.73 Å². The molecule has 1 rings (SSSR count). The van der Waals surface area contributed by atoms with Crippen molar-refractivity contribution in [2.75, 3.05) is 25.1 Å². The van der Waals surface area contributed by atoms with Gasteiger partial charge in [-0.3, -0.25) is 9.48 Å². The molecule has 0 atom stereocenters. The molecule has 0 fully saturated rings. The summed E-state index contributed by atoms with van der Waals surface area (Å²) in [6, 6.07) is 0. The zero-order valence-corrected chi connectivity index (χ0v) is 9.46. The Kier molecular flexibility index (Phi) is 5.13. The van der Waals surface area contributed by atoms with Gasteiger partial charge in [0.1, 0.15) is 0 Å². The maximum atomic E-state index is 11.5. The molecule has 1 aromatic rings. The van der Waals surface area contributed by atoms with E-state index in [0.717, 1.165) is 5.75 Å². The third kappa shape index (κ3) is 3.88. The van der Waals surface area contributed by atoms with Crippen LogP contribution in [-0.2, 0) is 6.54 Å². The maximum absolute atomic E-state index is 11.5. The van der Waals surface area contributed by atoms with Crippen molar-refractivity contribution in [3.8, 4) is 0 Å². The lowest BCUT2D eigenvalue weighted by Gasteiger charge is -1.99. The zero-order chi connectivity index (χ0) is 11.1. The molecule has 0 aliphatic heterocycles. The first-order chi connectivity index (χ1) is 7.27. The summed E-state index contributed by atoms with van der Waals surface area (Å²) < 4.78 is 1.56. The quantitative estimate of drug-likeness (QED) is 0.632. The largest absolute Gasteiger partial charge is 0.350 e. The topological polar surface area (TPSA) is 85.8 Å². The van der Waals surface area contributed by atoms with Gasteiger partial charge < -0.3 is 11.1 Å². The number of carbonyl (C=O) groups excluding carboxylic acids is 1. The Morgan fingerprint density at radius 3 is 3.20 bits per heavy atom. The molecule has 0 unspecified atom stereocenters. The van der Waals surface area contributed by atoms with Crippen LogP contribution in [0.5, 0.6) is 0 Å². The summed E-state index contributed by atoms with van der Waals surface area (Å²) in [6.45, 7) is 1.70. The van der Waals surface area contributed by atoms with Crippen molar-refractivity contribution in [2.45, 2.75) is 6.54 Å². The van der Waals surface area contributed by atoms with Gasteiger partial charge in [-0.1, -0.05) is 5.21 Å². The van der Waals surface area contributed by atoms with E-state index in [9.17, 15) is 4.79 Å². The lowest BCUT2D eigenvalue weighted by Crippen LogP contribution is -2.26. The summed E-state index contributed by atoms with van der Waals surface area (Å²) in [5, 5.41) is 10.3. The first-order valence-electron chi connectivity index (χ1n) is 4.65. The summed E-state index contributed by atoms with van der Waals surface area (Å²) in [5.74, 6) is 0.704. The zero-order valence-electron chi connectivity index (χ0n) is 8.64. The van der Waals surface area contributed by atoms with Crippen molar-refractivity contribution in [1.82, 2.24) is 20.3 Å². The average molecular weight is 229 g/mol. The highest BCUT2D eigenvalue weighted by molar-refractivity contribution is 7.98. The second-order valence-corrected chi connectivity index (χ2v) is 3.89. The molecule has 0 aliphatic rings. The molecule has 84 valence electrons. The smallest absolute Gasteiger partial charge is 0.273 e. The van der Waals surface area contributed by atoms with Gasteiger partial charge in [-0.2, -0.15) is 11.8 Å². The van der Waals surface area contributed by atoms with Crippen LogP contribution < -0.4 is 11.1 Å². The van der Waals surface area contributed by atoms with E-state index in [4.69, 9.17) is 5.73 Å². The van der Waals surface area contributed by atoms with E-state index in [-0.39, 0.29) is 5.91 Å². The van der Waals surface area contributed by atoms with Gasteiger partial charge in [-0.25, -0.2) is 0 Å². The molecule has 15 heavy (non-hydrogen) atoms. The van der Waals surface area contributed by atoms with Crippen LogP contribution in [0.1, 0.15) is 10.5 Å². The van der Waals surface area contributed by atoms with Gasteiger partial charge in [0.2, 0.25) is 0 Å². The summed E-state index contributed by atoms with van der Waals surface area (Å²) in [7, 11) is 0. The van der Waals surface area contributed by atoms with Crippen molar-refractivity contribution in [3.05, 3.63) is 11.9 Å². The Balaban J connectivity index is 2.43.